The second-order valence-corrected chi connectivity index (χ2v) is 8.68. The summed E-state index contributed by atoms with van der Waals surface area (Å²) in [6.45, 7) is 6.82. The molecule has 7 heteroatoms. The minimum Gasteiger partial charge on any atom is -0.465 e. The molecule has 2 amide bonds. The first-order valence-corrected chi connectivity index (χ1v) is 10.1. The summed E-state index contributed by atoms with van der Waals surface area (Å²) in [6, 6.07) is 6.87. The monoisotopic (exact) mass is 398 g/mol. The van der Waals surface area contributed by atoms with Crippen LogP contribution in [0.5, 0.6) is 0 Å². The van der Waals surface area contributed by atoms with Gasteiger partial charge < -0.3 is 15.7 Å². The van der Waals surface area contributed by atoms with E-state index in [2.05, 4.69) is 4.98 Å². The Morgan fingerprint density at radius 3 is 2.52 bits per heavy atom. The number of pyridine rings is 1. The van der Waals surface area contributed by atoms with Crippen molar-refractivity contribution in [1.82, 2.24) is 14.8 Å². The van der Waals surface area contributed by atoms with Crippen molar-refractivity contribution in [3.8, 4) is 0 Å². The molecular weight excluding hydrogens is 368 g/mol. The van der Waals surface area contributed by atoms with E-state index in [4.69, 9.17) is 5.73 Å². The lowest BCUT2D eigenvalue weighted by Crippen LogP contribution is -2.58. The van der Waals surface area contributed by atoms with Crippen LogP contribution in [0.15, 0.2) is 30.5 Å². The Balaban J connectivity index is 1.99. The number of nitrogen functional groups attached to an aromatic ring is 1. The quantitative estimate of drug-likeness (QED) is 0.821. The number of amides is 2. The second-order valence-electron chi connectivity index (χ2n) is 8.68. The molecule has 0 radical (unpaired) electrons. The predicted octanol–water partition coefficient (Wildman–Crippen LogP) is 3.52. The molecule has 7 nitrogen and oxygen atoms in total. The highest BCUT2D eigenvalue weighted by Crippen LogP contribution is 2.26. The normalized spacial score (nSPS) is 15.9. The number of nitrogens with two attached hydrogens (primary N) is 1. The number of benzene rings is 1. The Hall–Kier alpha value is -2.83. The van der Waals surface area contributed by atoms with Gasteiger partial charge in [-0.15, -0.1) is 0 Å². The van der Waals surface area contributed by atoms with E-state index >= 15 is 0 Å². The Morgan fingerprint density at radius 2 is 1.90 bits per heavy atom. The molecule has 3 N–H and O–H groups in total. The summed E-state index contributed by atoms with van der Waals surface area (Å²) in [7, 11) is 0. The molecule has 2 heterocycles. The minimum absolute atomic E-state index is 0.124. The minimum atomic E-state index is -1.09. The van der Waals surface area contributed by atoms with Crippen LogP contribution in [0.1, 0.15) is 45.6 Å². The summed E-state index contributed by atoms with van der Waals surface area (Å²) in [4.78, 5) is 32.8. The lowest BCUT2D eigenvalue weighted by molar-refractivity contribution is -0.139. The maximum Gasteiger partial charge on any atom is 0.408 e. The van der Waals surface area contributed by atoms with Crippen molar-refractivity contribution < 1.29 is 14.7 Å². The molecule has 1 unspecified atom stereocenters. The first kappa shape index (κ1) is 20.9. The summed E-state index contributed by atoms with van der Waals surface area (Å²) < 4.78 is 0. The topological polar surface area (TPSA) is 99.8 Å². The van der Waals surface area contributed by atoms with Gasteiger partial charge in [0.15, 0.2) is 0 Å². The predicted molar refractivity (Wildman–Crippen MR) is 114 cm³/mol. The Morgan fingerprint density at radius 1 is 1.21 bits per heavy atom. The summed E-state index contributed by atoms with van der Waals surface area (Å²) in [6.07, 6.45) is 3.88. The van der Waals surface area contributed by atoms with E-state index in [0.717, 1.165) is 35.6 Å². The van der Waals surface area contributed by atoms with Gasteiger partial charge in [0.05, 0.1) is 0 Å². The molecule has 1 aliphatic heterocycles. The summed E-state index contributed by atoms with van der Waals surface area (Å²) >= 11 is 0. The lowest BCUT2D eigenvalue weighted by Gasteiger charge is -2.41. The van der Waals surface area contributed by atoms with Crippen molar-refractivity contribution in [2.45, 2.75) is 58.0 Å². The van der Waals surface area contributed by atoms with Gasteiger partial charge in [-0.3, -0.25) is 9.69 Å². The Kier molecular flexibility index (Phi) is 5.96. The van der Waals surface area contributed by atoms with Gasteiger partial charge >= 0.3 is 6.09 Å². The van der Waals surface area contributed by atoms with E-state index < -0.39 is 17.7 Å². The molecule has 1 aromatic carbocycles. The standard InChI is InChI=1S/C22H30N4O3/c1-22(2,3)26(21(28)29)18(20(27)25-11-5-4-6-12-25)14-15-7-8-16-9-10-24-19(23)17(16)13-15/h7-10,13,18H,4-6,11-12,14H2,1-3H3,(H2,23,24)(H,28,29). The molecule has 0 saturated carbocycles. The smallest absolute Gasteiger partial charge is 0.408 e. The van der Waals surface area contributed by atoms with Gasteiger partial charge in [0.1, 0.15) is 11.9 Å². The first-order chi connectivity index (χ1) is 13.7. The molecule has 2 aromatic rings. The van der Waals surface area contributed by atoms with Crippen LogP contribution in [-0.4, -0.2) is 56.6 Å². The van der Waals surface area contributed by atoms with Crippen LogP contribution in [0.3, 0.4) is 0 Å². The van der Waals surface area contributed by atoms with E-state index in [1.165, 1.54) is 4.90 Å². The maximum atomic E-state index is 13.4. The zero-order chi connectivity index (χ0) is 21.2. The molecule has 0 aliphatic carbocycles. The van der Waals surface area contributed by atoms with Crippen LogP contribution in [0.25, 0.3) is 10.8 Å². The summed E-state index contributed by atoms with van der Waals surface area (Å²) in [5.41, 5.74) is 6.17. The van der Waals surface area contributed by atoms with Gasteiger partial charge in [-0.05, 0) is 63.1 Å². The fourth-order valence-corrected chi connectivity index (χ4v) is 4.09. The van der Waals surface area contributed by atoms with Gasteiger partial charge in [0.2, 0.25) is 5.91 Å². The van der Waals surface area contributed by atoms with Crippen molar-refractivity contribution in [2.24, 2.45) is 0 Å². The molecule has 156 valence electrons. The third-order valence-electron chi connectivity index (χ3n) is 5.48. The third kappa shape index (κ3) is 4.60. The molecule has 3 rings (SSSR count). The number of fused-ring (bicyclic) bond motifs is 1. The van der Waals surface area contributed by atoms with Crippen LogP contribution < -0.4 is 5.73 Å². The van der Waals surface area contributed by atoms with E-state index in [9.17, 15) is 14.7 Å². The zero-order valence-corrected chi connectivity index (χ0v) is 17.4. The van der Waals surface area contributed by atoms with Crippen molar-refractivity contribution >= 4 is 28.6 Å². The molecule has 1 saturated heterocycles. The number of piperidine rings is 1. The van der Waals surface area contributed by atoms with Crippen LogP contribution in [-0.2, 0) is 11.2 Å². The lowest BCUT2D eigenvalue weighted by atomic mass is 9.95. The molecule has 1 aliphatic rings. The van der Waals surface area contributed by atoms with E-state index in [1.807, 2.05) is 49.9 Å². The highest BCUT2D eigenvalue weighted by atomic mass is 16.4. The SMILES string of the molecule is CC(C)(C)N(C(=O)O)C(Cc1ccc2ccnc(N)c2c1)C(=O)N1CCCCC1. The van der Waals surface area contributed by atoms with Crippen molar-refractivity contribution in [3.63, 3.8) is 0 Å². The fourth-order valence-electron chi connectivity index (χ4n) is 4.09. The Bertz CT molecular complexity index is 901. The second kappa shape index (κ2) is 8.27. The van der Waals surface area contributed by atoms with Gasteiger partial charge in [-0.1, -0.05) is 12.1 Å². The maximum absolute atomic E-state index is 13.4. The summed E-state index contributed by atoms with van der Waals surface area (Å²) in [5.74, 6) is 0.301. The first-order valence-electron chi connectivity index (χ1n) is 10.1. The molecule has 1 atom stereocenters. The number of hydrogen-bond acceptors (Lipinski definition) is 4. The molecule has 1 aromatic heterocycles. The van der Waals surface area contributed by atoms with Gasteiger partial charge in [-0.2, -0.15) is 0 Å². The average molecular weight is 399 g/mol. The van der Waals surface area contributed by atoms with Crippen LogP contribution in [0, 0.1) is 0 Å². The molecule has 1 fully saturated rings. The van der Waals surface area contributed by atoms with Crippen LogP contribution in [0.4, 0.5) is 10.6 Å². The number of carbonyl (C=O) groups excluding carboxylic acids is 1. The highest BCUT2D eigenvalue weighted by Gasteiger charge is 2.39. The van der Waals surface area contributed by atoms with E-state index in [0.29, 0.717) is 25.3 Å². The number of likely N-dealkylation sites (tertiary alicyclic amines) is 1. The summed E-state index contributed by atoms with van der Waals surface area (Å²) in [5, 5.41) is 11.7. The number of rotatable bonds is 4. The average Bonchev–Trinajstić information content (AvgIpc) is 2.67. The molecular formula is C22H30N4O3. The fraction of sp³-hybridized carbons (Fsp3) is 0.500. The molecule has 0 spiro atoms. The van der Waals surface area contributed by atoms with Crippen LogP contribution >= 0.6 is 0 Å². The zero-order valence-electron chi connectivity index (χ0n) is 17.4. The van der Waals surface area contributed by atoms with Gasteiger partial charge in [-0.25, -0.2) is 9.78 Å². The van der Waals surface area contributed by atoms with Gasteiger partial charge in [0.25, 0.3) is 0 Å². The number of carbonyl (C=O) groups is 2. The van der Waals surface area contributed by atoms with Crippen molar-refractivity contribution in [3.05, 3.63) is 36.0 Å². The molecule has 0 bridgehead atoms. The third-order valence-corrected chi connectivity index (χ3v) is 5.48. The number of hydrogen-bond donors (Lipinski definition) is 2. The highest BCUT2D eigenvalue weighted by molar-refractivity contribution is 5.91. The Labute approximate surface area is 171 Å². The van der Waals surface area contributed by atoms with Crippen molar-refractivity contribution in [1.29, 1.82) is 0 Å². The van der Waals surface area contributed by atoms with Crippen LogP contribution in [0.2, 0.25) is 0 Å². The number of aromatic nitrogens is 1. The van der Waals surface area contributed by atoms with Crippen molar-refractivity contribution in [2.75, 3.05) is 18.8 Å². The van der Waals surface area contributed by atoms with Gasteiger partial charge in [0, 0.05) is 36.6 Å². The number of carboxylic acid groups (broad SMARTS) is 1. The largest absolute Gasteiger partial charge is 0.465 e. The van der Waals surface area contributed by atoms with E-state index in [-0.39, 0.29) is 5.91 Å². The van der Waals surface area contributed by atoms with E-state index in [1.54, 1.807) is 6.20 Å². The number of anilines is 1. The number of nitrogens with zero attached hydrogens (tertiary/aromatic N) is 3. The molecule has 29 heavy (non-hydrogen) atoms.